The quantitative estimate of drug-likeness (QED) is 0.615. The van der Waals surface area contributed by atoms with Crippen molar-refractivity contribution in [2.24, 2.45) is 0 Å². The van der Waals surface area contributed by atoms with Crippen LogP contribution in [0.1, 0.15) is 24.6 Å². The first-order chi connectivity index (χ1) is 11.8. The zero-order valence-electron chi connectivity index (χ0n) is 13.8. The molecule has 0 aliphatic rings. The number of nitrogens with zero attached hydrogens (tertiary/aromatic N) is 2. The SMILES string of the molecule is CCCCNc1nc2ccccc2n1CC(=O)NCc1cccs1. The fourth-order valence-electron chi connectivity index (χ4n) is 2.55. The zero-order valence-corrected chi connectivity index (χ0v) is 14.6. The van der Waals surface area contributed by atoms with Gasteiger partial charge in [-0.15, -0.1) is 11.3 Å². The van der Waals surface area contributed by atoms with Crippen LogP contribution >= 0.6 is 11.3 Å². The summed E-state index contributed by atoms with van der Waals surface area (Å²) in [5, 5.41) is 8.34. The van der Waals surface area contributed by atoms with Gasteiger partial charge in [-0.05, 0) is 30.0 Å². The molecule has 2 heterocycles. The predicted octanol–water partition coefficient (Wildman–Crippen LogP) is 3.63. The van der Waals surface area contributed by atoms with Crippen molar-refractivity contribution in [1.82, 2.24) is 14.9 Å². The molecule has 0 atom stereocenters. The molecule has 2 aromatic heterocycles. The van der Waals surface area contributed by atoms with Crippen molar-refractivity contribution in [3.8, 4) is 0 Å². The molecular formula is C18H22N4OS. The maximum Gasteiger partial charge on any atom is 0.240 e. The smallest absolute Gasteiger partial charge is 0.240 e. The number of carbonyl (C=O) groups is 1. The standard InChI is InChI=1S/C18H22N4OS/c1-2-3-10-19-18-21-15-8-4-5-9-16(15)22(18)13-17(23)20-12-14-7-6-11-24-14/h4-9,11H,2-3,10,12-13H2,1H3,(H,19,21)(H,20,23). The number of aromatic nitrogens is 2. The molecule has 24 heavy (non-hydrogen) atoms. The van der Waals surface area contributed by atoms with E-state index in [4.69, 9.17) is 0 Å². The highest BCUT2D eigenvalue weighted by Gasteiger charge is 2.13. The Hall–Kier alpha value is -2.34. The van der Waals surface area contributed by atoms with E-state index in [1.54, 1.807) is 11.3 Å². The Labute approximate surface area is 145 Å². The second-order valence-corrected chi connectivity index (χ2v) is 6.68. The number of para-hydroxylation sites is 2. The van der Waals surface area contributed by atoms with E-state index >= 15 is 0 Å². The Balaban J connectivity index is 1.73. The second kappa shape index (κ2) is 7.97. The largest absolute Gasteiger partial charge is 0.356 e. The van der Waals surface area contributed by atoms with Gasteiger partial charge in [0.05, 0.1) is 17.6 Å². The number of benzene rings is 1. The summed E-state index contributed by atoms with van der Waals surface area (Å²) in [4.78, 5) is 18.1. The number of hydrogen-bond acceptors (Lipinski definition) is 4. The number of rotatable bonds is 8. The van der Waals surface area contributed by atoms with Gasteiger partial charge in [-0.2, -0.15) is 0 Å². The summed E-state index contributed by atoms with van der Waals surface area (Å²) in [5.41, 5.74) is 1.88. The Bertz CT molecular complexity index is 795. The molecule has 0 spiro atoms. The van der Waals surface area contributed by atoms with Crippen molar-refractivity contribution >= 4 is 34.2 Å². The van der Waals surface area contributed by atoms with Gasteiger partial charge in [0.2, 0.25) is 11.9 Å². The van der Waals surface area contributed by atoms with E-state index in [1.807, 2.05) is 46.3 Å². The number of hydrogen-bond donors (Lipinski definition) is 2. The molecule has 0 unspecified atom stereocenters. The van der Waals surface area contributed by atoms with Crippen molar-refractivity contribution < 1.29 is 4.79 Å². The minimum absolute atomic E-state index is 0.00917. The number of unbranched alkanes of at least 4 members (excludes halogenated alkanes) is 1. The average Bonchev–Trinajstić information content (AvgIpc) is 3.22. The molecule has 0 radical (unpaired) electrons. The Morgan fingerprint density at radius 3 is 2.92 bits per heavy atom. The summed E-state index contributed by atoms with van der Waals surface area (Å²) in [7, 11) is 0. The molecule has 0 aliphatic carbocycles. The van der Waals surface area contributed by atoms with Gasteiger partial charge in [0.1, 0.15) is 6.54 Å². The zero-order chi connectivity index (χ0) is 16.8. The van der Waals surface area contributed by atoms with Gasteiger partial charge in [0.15, 0.2) is 0 Å². The predicted molar refractivity (Wildman–Crippen MR) is 99.3 cm³/mol. The first-order valence-corrected chi connectivity index (χ1v) is 9.14. The van der Waals surface area contributed by atoms with Crippen LogP contribution in [0.3, 0.4) is 0 Å². The molecule has 0 bridgehead atoms. The summed E-state index contributed by atoms with van der Waals surface area (Å²) in [6.45, 7) is 3.85. The highest BCUT2D eigenvalue weighted by Crippen LogP contribution is 2.19. The number of imidazole rings is 1. The number of carbonyl (C=O) groups excluding carboxylic acids is 1. The van der Waals surface area contributed by atoms with Crippen molar-refractivity contribution in [3.63, 3.8) is 0 Å². The summed E-state index contributed by atoms with van der Waals surface area (Å²) in [5.74, 6) is 0.751. The Morgan fingerprint density at radius 1 is 1.25 bits per heavy atom. The topological polar surface area (TPSA) is 59.0 Å². The lowest BCUT2D eigenvalue weighted by Crippen LogP contribution is -2.27. The summed E-state index contributed by atoms with van der Waals surface area (Å²) in [6.07, 6.45) is 2.20. The van der Waals surface area contributed by atoms with E-state index in [0.717, 1.165) is 41.2 Å². The van der Waals surface area contributed by atoms with Gasteiger partial charge < -0.3 is 15.2 Å². The molecule has 0 saturated heterocycles. The lowest BCUT2D eigenvalue weighted by molar-refractivity contribution is -0.121. The normalized spacial score (nSPS) is 10.9. The van der Waals surface area contributed by atoms with Gasteiger partial charge in [-0.25, -0.2) is 4.98 Å². The number of nitrogens with one attached hydrogen (secondary N) is 2. The molecular weight excluding hydrogens is 320 g/mol. The minimum atomic E-state index is -0.00917. The van der Waals surface area contributed by atoms with Gasteiger partial charge in [0, 0.05) is 11.4 Å². The summed E-state index contributed by atoms with van der Waals surface area (Å²) in [6, 6.07) is 11.9. The van der Waals surface area contributed by atoms with Crippen molar-refractivity contribution in [1.29, 1.82) is 0 Å². The number of thiophene rings is 1. The third-order valence-electron chi connectivity index (χ3n) is 3.81. The summed E-state index contributed by atoms with van der Waals surface area (Å²) < 4.78 is 1.95. The molecule has 1 aromatic carbocycles. The average molecular weight is 342 g/mol. The molecule has 0 aliphatic heterocycles. The van der Waals surface area contributed by atoms with Crippen LogP contribution in [0.2, 0.25) is 0 Å². The second-order valence-electron chi connectivity index (χ2n) is 5.65. The van der Waals surface area contributed by atoms with Gasteiger partial charge in [0.25, 0.3) is 0 Å². The van der Waals surface area contributed by atoms with Crippen LogP contribution in [-0.4, -0.2) is 22.0 Å². The van der Waals surface area contributed by atoms with E-state index in [-0.39, 0.29) is 12.5 Å². The van der Waals surface area contributed by atoms with E-state index < -0.39 is 0 Å². The van der Waals surface area contributed by atoms with E-state index in [9.17, 15) is 4.79 Å². The van der Waals surface area contributed by atoms with E-state index in [0.29, 0.717) is 6.54 Å². The molecule has 2 N–H and O–H groups in total. The molecule has 0 fully saturated rings. The highest BCUT2D eigenvalue weighted by molar-refractivity contribution is 7.09. The number of fused-ring (bicyclic) bond motifs is 1. The molecule has 6 heteroatoms. The van der Waals surface area contributed by atoms with Crippen molar-refractivity contribution in [3.05, 3.63) is 46.7 Å². The van der Waals surface area contributed by atoms with Crippen LogP contribution in [0.5, 0.6) is 0 Å². The maximum atomic E-state index is 12.3. The minimum Gasteiger partial charge on any atom is -0.356 e. The van der Waals surface area contributed by atoms with Crippen LogP contribution < -0.4 is 10.6 Å². The van der Waals surface area contributed by atoms with Crippen molar-refractivity contribution in [2.75, 3.05) is 11.9 Å². The fraction of sp³-hybridized carbons (Fsp3) is 0.333. The molecule has 0 saturated carbocycles. The molecule has 3 rings (SSSR count). The van der Waals surface area contributed by atoms with Crippen LogP contribution in [0.15, 0.2) is 41.8 Å². The Kier molecular flexibility index (Phi) is 5.48. The molecule has 126 valence electrons. The van der Waals surface area contributed by atoms with Crippen LogP contribution in [-0.2, 0) is 17.9 Å². The monoisotopic (exact) mass is 342 g/mol. The van der Waals surface area contributed by atoms with Gasteiger partial charge >= 0.3 is 0 Å². The van der Waals surface area contributed by atoms with E-state index in [1.165, 1.54) is 0 Å². The van der Waals surface area contributed by atoms with Crippen LogP contribution in [0.4, 0.5) is 5.95 Å². The molecule has 5 nitrogen and oxygen atoms in total. The first-order valence-electron chi connectivity index (χ1n) is 8.26. The molecule has 1 amide bonds. The van der Waals surface area contributed by atoms with Crippen molar-refractivity contribution in [2.45, 2.75) is 32.9 Å². The van der Waals surface area contributed by atoms with Gasteiger partial charge in [-0.3, -0.25) is 4.79 Å². The number of amides is 1. The van der Waals surface area contributed by atoms with E-state index in [2.05, 4.69) is 22.5 Å². The van der Waals surface area contributed by atoms with Gasteiger partial charge in [-0.1, -0.05) is 31.5 Å². The van der Waals surface area contributed by atoms with Crippen LogP contribution in [0, 0.1) is 0 Å². The maximum absolute atomic E-state index is 12.3. The number of anilines is 1. The Morgan fingerprint density at radius 2 is 2.12 bits per heavy atom. The first kappa shape index (κ1) is 16.5. The summed E-state index contributed by atoms with van der Waals surface area (Å²) >= 11 is 1.65. The fourth-order valence-corrected chi connectivity index (χ4v) is 3.19. The third-order valence-corrected chi connectivity index (χ3v) is 4.69. The highest BCUT2D eigenvalue weighted by atomic mass is 32.1. The lowest BCUT2D eigenvalue weighted by Gasteiger charge is -2.11. The third kappa shape index (κ3) is 3.94. The van der Waals surface area contributed by atoms with Crippen LogP contribution in [0.25, 0.3) is 11.0 Å². The lowest BCUT2D eigenvalue weighted by atomic mass is 10.3. The molecule has 3 aromatic rings.